The van der Waals surface area contributed by atoms with E-state index in [1.807, 2.05) is 0 Å². The van der Waals surface area contributed by atoms with E-state index in [2.05, 4.69) is 173 Å². The lowest BCUT2D eigenvalue weighted by Gasteiger charge is -2.11. The maximum absolute atomic E-state index is 4.72. The molecule has 3 nitrogen and oxygen atoms in total. The number of fused-ring (bicyclic) bond motifs is 9. The largest absolute Gasteiger partial charge is 0.309 e. The first kappa shape index (κ1) is 27.5. The molecule has 0 saturated carbocycles. The first-order valence-electron chi connectivity index (χ1n) is 16.7. The van der Waals surface area contributed by atoms with E-state index < -0.39 is 0 Å². The van der Waals surface area contributed by atoms with Gasteiger partial charge < -0.3 is 4.57 Å². The molecule has 2 heterocycles. The van der Waals surface area contributed by atoms with Crippen LogP contribution in [-0.2, 0) is 0 Å². The Hall–Kier alpha value is -6.58. The summed E-state index contributed by atoms with van der Waals surface area (Å²) in [5.74, 6) is 0. The third-order valence-electron chi connectivity index (χ3n) is 9.90. The van der Waals surface area contributed by atoms with Crippen molar-refractivity contribution >= 4 is 54.4 Å². The van der Waals surface area contributed by atoms with Gasteiger partial charge in [-0.3, -0.25) is 9.97 Å². The lowest BCUT2D eigenvalue weighted by atomic mass is 9.94. The molecule has 0 saturated heterocycles. The number of rotatable bonds is 4. The molecule has 0 atom stereocenters. The summed E-state index contributed by atoms with van der Waals surface area (Å²) in [6, 6.07) is 59.2. The summed E-state index contributed by atoms with van der Waals surface area (Å²) in [7, 11) is 0. The molecule has 49 heavy (non-hydrogen) atoms. The van der Waals surface area contributed by atoms with Gasteiger partial charge in [-0.25, -0.2) is 0 Å². The molecule has 8 aromatic carbocycles. The maximum Gasteiger partial charge on any atom is 0.0971 e. The van der Waals surface area contributed by atoms with E-state index in [0.29, 0.717) is 0 Å². The van der Waals surface area contributed by atoms with Crippen LogP contribution in [0.5, 0.6) is 0 Å². The summed E-state index contributed by atoms with van der Waals surface area (Å²) in [4.78, 5) is 9.40. The van der Waals surface area contributed by atoms with Gasteiger partial charge in [-0.1, -0.05) is 127 Å². The van der Waals surface area contributed by atoms with Crippen LogP contribution in [0.15, 0.2) is 176 Å². The van der Waals surface area contributed by atoms with Crippen LogP contribution >= 0.6 is 0 Å². The number of para-hydroxylation sites is 1. The molecule has 0 unspecified atom stereocenters. The second-order valence-electron chi connectivity index (χ2n) is 12.6. The maximum atomic E-state index is 4.72. The number of nitrogens with zero attached hydrogens (tertiary/aromatic N) is 3. The van der Waals surface area contributed by atoms with E-state index in [0.717, 1.165) is 27.5 Å². The molecule has 0 aliphatic heterocycles. The van der Waals surface area contributed by atoms with Crippen molar-refractivity contribution in [1.82, 2.24) is 14.5 Å². The van der Waals surface area contributed by atoms with Crippen molar-refractivity contribution in [2.75, 3.05) is 0 Å². The molecule has 3 heteroatoms. The fourth-order valence-corrected chi connectivity index (χ4v) is 7.53. The Labute approximate surface area is 283 Å². The predicted octanol–water partition coefficient (Wildman–Crippen LogP) is 12.0. The molecule has 0 N–H and O–H groups in total. The standard InChI is InChI=1S/C46H29N3/c1-2-8-30(9-3-1)31-18-22-36(23-19-31)49-43-13-7-6-11-38(43)42-29-35(21-25-44(42)49)33-16-14-32(15-17-33)34-20-24-40-41(28-34)37-10-4-5-12-39(37)45-46(40)48-27-26-47-45/h1-29H. The molecule has 0 fully saturated rings. The minimum absolute atomic E-state index is 0.944. The van der Waals surface area contributed by atoms with Crippen LogP contribution in [0.25, 0.3) is 93.5 Å². The molecule has 0 amide bonds. The van der Waals surface area contributed by atoms with Crippen LogP contribution < -0.4 is 0 Å². The van der Waals surface area contributed by atoms with Crippen molar-refractivity contribution in [2.24, 2.45) is 0 Å². The summed E-state index contributed by atoms with van der Waals surface area (Å²) in [5, 5.41) is 7.16. The van der Waals surface area contributed by atoms with E-state index in [9.17, 15) is 0 Å². The number of hydrogen-bond acceptors (Lipinski definition) is 2. The highest BCUT2D eigenvalue weighted by molar-refractivity contribution is 6.23. The van der Waals surface area contributed by atoms with Crippen molar-refractivity contribution in [1.29, 1.82) is 0 Å². The van der Waals surface area contributed by atoms with E-state index >= 15 is 0 Å². The minimum atomic E-state index is 0.944. The summed E-state index contributed by atoms with van der Waals surface area (Å²) >= 11 is 0. The smallest absolute Gasteiger partial charge is 0.0971 e. The van der Waals surface area contributed by atoms with Gasteiger partial charge in [0.1, 0.15) is 0 Å². The van der Waals surface area contributed by atoms with Crippen LogP contribution in [0.1, 0.15) is 0 Å². The highest BCUT2D eigenvalue weighted by atomic mass is 15.0. The van der Waals surface area contributed by atoms with Gasteiger partial charge >= 0.3 is 0 Å². The second kappa shape index (κ2) is 11.0. The topological polar surface area (TPSA) is 30.7 Å². The molecule has 10 aromatic rings. The lowest BCUT2D eigenvalue weighted by Crippen LogP contribution is -1.93. The van der Waals surface area contributed by atoms with Gasteiger partial charge in [0.15, 0.2) is 0 Å². The molecule has 228 valence electrons. The van der Waals surface area contributed by atoms with Crippen LogP contribution in [0.4, 0.5) is 0 Å². The van der Waals surface area contributed by atoms with E-state index in [-0.39, 0.29) is 0 Å². The zero-order valence-corrected chi connectivity index (χ0v) is 26.6. The summed E-state index contributed by atoms with van der Waals surface area (Å²) in [5.41, 5.74) is 12.7. The normalized spacial score (nSPS) is 11.7. The molecular weight excluding hydrogens is 595 g/mol. The average Bonchev–Trinajstić information content (AvgIpc) is 3.52. The van der Waals surface area contributed by atoms with Gasteiger partial charge in [-0.05, 0) is 80.6 Å². The van der Waals surface area contributed by atoms with Crippen molar-refractivity contribution in [3.05, 3.63) is 176 Å². The van der Waals surface area contributed by atoms with Crippen LogP contribution in [0, 0.1) is 0 Å². The Kier molecular flexibility index (Phi) is 6.18. The molecule has 0 aliphatic carbocycles. The summed E-state index contributed by atoms with van der Waals surface area (Å²) in [6.07, 6.45) is 3.55. The fraction of sp³-hybridized carbons (Fsp3) is 0. The van der Waals surface area contributed by atoms with Gasteiger partial charge in [-0.2, -0.15) is 0 Å². The van der Waals surface area contributed by atoms with E-state index in [1.165, 1.54) is 66.0 Å². The molecule has 0 bridgehead atoms. The van der Waals surface area contributed by atoms with Gasteiger partial charge in [0.05, 0.1) is 22.1 Å². The monoisotopic (exact) mass is 623 g/mol. The Morgan fingerprint density at radius 3 is 1.49 bits per heavy atom. The van der Waals surface area contributed by atoms with Gasteiger partial charge in [0.25, 0.3) is 0 Å². The van der Waals surface area contributed by atoms with Crippen molar-refractivity contribution < 1.29 is 0 Å². The van der Waals surface area contributed by atoms with E-state index in [1.54, 1.807) is 12.4 Å². The Bertz CT molecular complexity index is 2810. The molecule has 0 radical (unpaired) electrons. The number of hydrogen-bond donors (Lipinski definition) is 0. The van der Waals surface area contributed by atoms with Crippen LogP contribution in [-0.4, -0.2) is 14.5 Å². The number of benzene rings is 8. The first-order chi connectivity index (χ1) is 24.3. The zero-order chi connectivity index (χ0) is 32.3. The third-order valence-corrected chi connectivity index (χ3v) is 9.90. The molecule has 10 rings (SSSR count). The molecule has 0 aliphatic rings. The minimum Gasteiger partial charge on any atom is -0.309 e. The first-order valence-corrected chi connectivity index (χ1v) is 16.7. The highest BCUT2D eigenvalue weighted by Gasteiger charge is 2.15. The predicted molar refractivity (Wildman–Crippen MR) is 205 cm³/mol. The van der Waals surface area contributed by atoms with Crippen molar-refractivity contribution in [2.45, 2.75) is 0 Å². The highest BCUT2D eigenvalue weighted by Crippen LogP contribution is 2.38. The van der Waals surface area contributed by atoms with E-state index in [4.69, 9.17) is 4.98 Å². The second-order valence-corrected chi connectivity index (χ2v) is 12.6. The van der Waals surface area contributed by atoms with Crippen LogP contribution in [0.2, 0.25) is 0 Å². The Morgan fingerprint density at radius 1 is 0.306 bits per heavy atom. The van der Waals surface area contributed by atoms with Gasteiger partial charge in [0, 0.05) is 39.6 Å². The zero-order valence-electron chi connectivity index (χ0n) is 26.6. The Balaban J connectivity index is 1.04. The number of aromatic nitrogens is 3. The molecular formula is C46H29N3. The fourth-order valence-electron chi connectivity index (χ4n) is 7.53. The summed E-state index contributed by atoms with van der Waals surface area (Å²) in [6.45, 7) is 0. The molecule has 2 aromatic heterocycles. The van der Waals surface area contributed by atoms with Gasteiger partial charge in [-0.15, -0.1) is 0 Å². The van der Waals surface area contributed by atoms with Crippen LogP contribution in [0.3, 0.4) is 0 Å². The Morgan fingerprint density at radius 2 is 0.776 bits per heavy atom. The summed E-state index contributed by atoms with van der Waals surface area (Å²) < 4.78 is 2.38. The average molecular weight is 624 g/mol. The third kappa shape index (κ3) is 4.44. The van der Waals surface area contributed by atoms with Gasteiger partial charge in [0.2, 0.25) is 0 Å². The SMILES string of the molecule is c1ccc(-c2ccc(-n3c4ccccc4c4cc(-c5ccc(-c6ccc7c(c6)c6ccccc6c6nccnc76)cc5)ccc43)cc2)cc1. The van der Waals surface area contributed by atoms with Crippen molar-refractivity contribution in [3.8, 4) is 39.1 Å². The quantitative estimate of drug-likeness (QED) is 0.183. The lowest BCUT2D eigenvalue weighted by molar-refractivity contribution is 1.18. The molecule has 0 spiro atoms. The van der Waals surface area contributed by atoms with Crippen molar-refractivity contribution in [3.63, 3.8) is 0 Å².